The second-order valence-corrected chi connectivity index (χ2v) is 4.33. The van der Waals surface area contributed by atoms with E-state index in [2.05, 4.69) is 4.98 Å². The van der Waals surface area contributed by atoms with Crippen LogP contribution in [0.25, 0.3) is 0 Å². The van der Waals surface area contributed by atoms with Gasteiger partial charge in [-0.05, 0) is 24.3 Å². The first-order valence-electron chi connectivity index (χ1n) is 5.67. The molecule has 0 amide bonds. The molecule has 2 rings (SSSR count). The zero-order chi connectivity index (χ0) is 11.5. The Balaban J connectivity index is 2.40. The van der Waals surface area contributed by atoms with E-state index in [0.717, 1.165) is 31.2 Å². The Hall–Kier alpha value is -1.58. The van der Waals surface area contributed by atoms with Crippen molar-refractivity contribution < 1.29 is 9.90 Å². The fourth-order valence-electron chi connectivity index (χ4n) is 2.50. The summed E-state index contributed by atoms with van der Waals surface area (Å²) < 4.78 is 0. The van der Waals surface area contributed by atoms with Gasteiger partial charge in [-0.2, -0.15) is 0 Å². The number of aromatic carboxylic acids is 1. The van der Waals surface area contributed by atoms with Gasteiger partial charge in [0.1, 0.15) is 0 Å². The Labute approximate surface area is 94.5 Å². The average Bonchev–Trinajstić information content (AvgIpc) is 2.29. The van der Waals surface area contributed by atoms with Gasteiger partial charge in [0.2, 0.25) is 0 Å². The minimum Gasteiger partial charge on any atom is -0.478 e. The molecule has 0 unspecified atom stereocenters. The molecule has 1 aromatic rings. The van der Waals surface area contributed by atoms with E-state index in [9.17, 15) is 4.79 Å². The molecule has 4 heteroatoms. The first-order chi connectivity index (χ1) is 7.70. The first-order valence-corrected chi connectivity index (χ1v) is 5.67. The number of aromatic nitrogens is 1. The van der Waals surface area contributed by atoms with Crippen molar-refractivity contribution in [3.8, 4) is 0 Å². The standard InChI is InChI=1S/C12H16N2O2/c13-10-7-14-6-9(12(15)16)11(10)8-4-2-1-3-5-8/h6-8H,1-5,13H2,(H,15,16). The van der Waals surface area contributed by atoms with E-state index >= 15 is 0 Å². The summed E-state index contributed by atoms with van der Waals surface area (Å²) in [7, 11) is 0. The normalized spacial score (nSPS) is 17.2. The number of nitrogens with two attached hydrogens (primary N) is 1. The summed E-state index contributed by atoms with van der Waals surface area (Å²) >= 11 is 0. The van der Waals surface area contributed by atoms with Crippen molar-refractivity contribution in [1.82, 2.24) is 4.98 Å². The lowest BCUT2D eigenvalue weighted by atomic mass is 9.82. The third-order valence-corrected chi connectivity index (χ3v) is 3.26. The second-order valence-electron chi connectivity index (χ2n) is 4.33. The smallest absolute Gasteiger partial charge is 0.337 e. The van der Waals surface area contributed by atoms with Crippen molar-refractivity contribution in [3.05, 3.63) is 23.5 Å². The molecule has 1 saturated carbocycles. The molecule has 0 radical (unpaired) electrons. The van der Waals surface area contributed by atoms with Crippen LogP contribution in [-0.2, 0) is 0 Å². The molecular formula is C12H16N2O2. The van der Waals surface area contributed by atoms with Gasteiger partial charge in [-0.3, -0.25) is 4.98 Å². The van der Waals surface area contributed by atoms with Gasteiger partial charge in [0.15, 0.2) is 0 Å². The molecule has 86 valence electrons. The quantitative estimate of drug-likeness (QED) is 0.802. The number of pyridine rings is 1. The number of hydrogen-bond acceptors (Lipinski definition) is 3. The molecule has 4 nitrogen and oxygen atoms in total. The molecule has 0 bridgehead atoms. The van der Waals surface area contributed by atoms with E-state index in [1.165, 1.54) is 12.6 Å². The van der Waals surface area contributed by atoms with E-state index in [1.807, 2.05) is 0 Å². The highest BCUT2D eigenvalue weighted by Gasteiger charge is 2.23. The highest BCUT2D eigenvalue weighted by molar-refractivity contribution is 5.90. The van der Waals surface area contributed by atoms with Crippen LogP contribution in [0.5, 0.6) is 0 Å². The van der Waals surface area contributed by atoms with Crippen LogP contribution in [-0.4, -0.2) is 16.1 Å². The largest absolute Gasteiger partial charge is 0.478 e. The molecule has 1 aliphatic carbocycles. The van der Waals surface area contributed by atoms with Crippen LogP contribution in [0.3, 0.4) is 0 Å². The second kappa shape index (κ2) is 4.51. The van der Waals surface area contributed by atoms with Crippen LogP contribution in [0.4, 0.5) is 5.69 Å². The van der Waals surface area contributed by atoms with E-state index in [1.54, 1.807) is 6.20 Å². The lowest BCUT2D eigenvalue weighted by Crippen LogP contribution is -2.13. The minimum atomic E-state index is -0.930. The van der Waals surface area contributed by atoms with Crippen LogP contribution >= 0.6 is 0 Å². The molecule has 1 aliphatic rings. The molecule has 16 heavy (non-hydrogen) atoms. The van der Waals surface area contributed by atoms with Gasteiger partial charge in [-0.25, -0.2) is 4.79 Å². The van der Waals surface area contributed by atoms with Crippen molar-refractivity contribution in [2.24, 2.45) is 0 Å². The summed E-state index contributed by atoms with van der Waals surface area (Å²) in [6, 6.07) is 0. The van der Waals surface area contributed by atoms with Gasteiger partial charge in [0, 0.05) is 6.20 Å². The molecule has 0 atom stereocenters. The highest BCUT2D eigenvalue weighted by Crippen LogP contribution is 2.36. The predicted molar refractivity (Wildman–Crippen MR) is 61.4 cm³/mol. The van der Waals surface area contributed by atoms with Gasteiger partial charge in [0.05, 0.1) is 17.4 Å². The molecular weight excluding hydrogens is 204 g/mol. The summed E-state index contributed by atoms with van der Waals surface area (Å²) in [5, 5.41) is 9.13. The summed E-state index contributed by atoms with van der Waals surface area (Å²) in [5.74, 6) is -0.636. The van der Waals surface area contributed by atoms with E-state index < -0.39 is 5.97 Å². The van der Waals surface area contributed by atoms with Crippen molar-refractivity contribution in [2.75, 3.05) is 5.73 Å². The molecule has 0 aliphatic heterocycles. The number of nitrogens with zero attached hydrogens (tertiary/aromatic N) is 1. The number of carbonyl (C=O) groups is 1. The minimum absolute atomic E-state index is 0.270. The number of carboxylic acids is 1. The molecule has 0 saturated heterocycles. The Kier molecular flexibility index (Phi) is 3.08. The number of anilines is 1. The van der Waals surface area contributed by atoms with Crippen LogP contribution in [0.15, 0.2) is 12.4 Å². The fraction of sp³-hybridized carbons (Fsp3) is 0.500. The average molecular weight is 220 g/mol. The Morgan fingerprint density at radius 1 is 1.31 bits per heavy atom. The Morgan fingerprint density at radius 3 is 2.62 bits per heavy atom. The van der Waals surface area contributed by atoms with Gasteiger partial charge in [-0.15, -0.1) is 0 Å². The monoisotopic (exact) mass is 220 g/mol. The summed E-state index contributed by atoms with van der Waals surface area (Å²) in [5.41, 5.74) is 7.45. The van der Waals surface area contributed by atoms with Crippen molar-refractivity contribution >= 4 is 11.7 Å². The maximum atomic E-state index is 11.1. The maximum absolute atomic E-state index is 11.1. The summed E-state index contributed by atoms with van der Waals surface area (Å²) in [6.45, 7) is 0. The number of nitrogen functional groups attached to an aromatic ring is 1. The zero-order valence-electron chi connectivity index (χ0n) is 9.15. The van der Waals surface area contributed by atoms with Gasteiger partial charge in [-0.1, -0.05) is 19.3 Å². The lowest BCUT2D eigenvalue weighted by Gasteiger charge is -2.24. The molecule has 1 aromatic heterocycles. The Morgan fingerprint density at radius 2 is 2.00 bits per heavy atom. The van der Waals surface area contributed by atoms with Crippen LogP contribution in [0.1, 0.15) is 53.9 Å². The van der Waals surface area contributed by atoms with E-state index in [-0.39, 0.29) is 5.56 Å². The van der Waals surface area contributed by atoms with E-state index in [0.29, 0.717) is 11.6 Å². The molecule has 1 heterocycles. The molecule has 1 fully saturated rings. The molecule has 0 spiro atoms. The van der Waals surface area contributed by atoms with Crippen molar-refractivity contribution in [1.29, 1.82) is 0 Å². The van der Waals surface area contributed by atoms with Gasteiger partial charge >= 0.3 is 5.97 Å². The topological polar surface area (TPSA) is 76.2 Å². The van der Waals surface area contributed by atoms with Crippen LogP contribution < -0.4 is 5.73 Å². The summed E-state index contributed by atoms with van der Waals surface area (Å²) in [6.07, 6.45) is 8.59. The van der Waals surface area contributed by atoms with Gasteiger partial charge in [0.25, 0.3) is 0 Å². The first kappa shape index (κ1) is 10.9. The van der Waals surface area contributed by atoms with Crippen molar-refractivity contribution in [3.63, 3.8) is 0 Å². The zero-order valence-corrected chi connectivity index (χ0v) is 9.15. The predicted octanol–water partition coefficient (Wildman–Crippen LogP) is 2.41. The Bertz CT molecular complexity index is 398. The van der Waals surface area contributed by atoms with Crippen molar-refractivity contribution in [2.45, 2.75) is 38.0 Å². The fourth-order valence-corrected chi connectivity index (χ4v) is 2.50. The third kappa shape index (κ3) is 2.01. The summed E-state index contributed by atoms with van der Waals surface area (Å²) in [4.78, 5) is 15.0. The number of rotatable bonds is 2. The highest BCUT2D eigenvalue weighted by atomic mass is 16.4. The van der Waals surface area contributed by atoms with Crippen LogP contribution in [0, 0.1) is 0 Å². The molecule has 3 N–H and O–H groups in total. The third-order valence-electron chi connectivity index (χ3n) is 3.26. The van der Waals surface area contributed by atoms with E-state index in [4.69, 9.17) is 10.8 Å². The molecule has 0 aromatic carbocycles. The maximum Gasteiger partial charge on any atom is 0.337 e. The van der Waals surface area contributed by atoms with Crippen LogP contribution in [0.2, 0.25) is 0 Å². The SMILES string of the molecule is Nc1cncc(C(=O)O)c1C1CCCCC1. The van der Waals surface area contributed by atoms with Gasteiger partial charge < -0.3 is 10.8 Å². The number of carboxylic acid groups (broad SMARTS) is 1. The number of hydrogen-bond donors (Lipinski definition) is 2. The lowest BCUT2D eigenvalue weighted by molar-refractivity contribution is 0.0694.